The summed E-state index contributed by atoms with van der Waals surface area (Å²) in [6.45, 7) is 7.60. The zero-order chi connectivity index (χ0) is 13.1. The third-order valence-electron chi connectivity index (χ3n) is 3.92. The predicted molar refractivity (Wildman–Crippen MR) is 75.8 cm³/mol. The molecule has 4 heteroatoms. The predicted octanol–water partition coefficient (Wildman–Crippen LogP) is 1.63. The maximum absolute atomic E-state index is 5.98. The molecule has 1 aromatic heterocycles. The van der Waals surface area contributed by atoms with Crippen molar-refractivity contribution in [2.75, 3.05) is 31.6 Å². The summed E-state index contributed by atoms with van der Waals surface area (Å²) in [6.07, 6.45) is 2.89. The number of nitrogens with zero attached hydrogens (tertiary/aromatic N) is 3. The number of anilines is 1. The molecule has 1 aromatic rings. The van der Waals surface area contributed by atoms with Gasteiger partial charge in [-0.05, 0) is 32.5 Å². The van der Waals surface area contributed by atoms with Crippen molar-refractivity contribution in [1.82, 2.24) is 9.88 Å². The Bertz CT molecular complexity index is 376. The molecule has 2 atom stereocenters. The van der Waals surface area contributed by atoms with E-state index in [1.54, 1.807) is 0 Å². The number of nitrogens with two attached hydrogens (primary N) is 1. The van der Waals surface area contributed by atoms with E-state index in [-0.39, 0.29) is 6.04 Å². The third-order valence-corrected chi connectivity index (χ3v) is 3.92. The van der Waals surface area contributed by atoms with Crippen molar-refractivity contribution in [3.63, 3.8) is 0 Å². The number of piperazine rings is 1. The lowest BCUT2D eigenvalue weighted by atomic mass is 10.1. The highest BCUT2D eigenvalue weighted by molar-refractivity contribution is 5.45. The number of pyridine rings is 1. The SMILES string of the molecule is CC[C@@H](N)c1ccc(N2CCN(C)C(C)C2)cn1. The molecule has 2 rings (SSSR count). The van der Waals surface area contributed by atoms with Gasteiger partial charge >= 0.3 is 0 Å². The van der Waals surface area contributed by atoms with Crippen LogP contribution in [-0.2, 0) is 0 Å². The molecule has 1 aliphatic heterocycles. The maximum Gasteiger partial charge on any atom is 0.0572 e. The van der Waals surface area contributed by atoms with Crippen LogP contribution >= 0.6 is 0 Å². The summed E-state index contributed by atoms with van der Waals surface area (Å²) in [7, 11) is 2.18. The Hall–Kier alpha value is -1.13. The summed E-state index contributed by atoms with van der Waals surface area (Å²) in [6, 6.07) is 4.87. The van der Waals surface area contributed by atoms with Crippen LogP contribution < -0.4 is 10.6 Å². The molecule has 0 radical (unpaired) electrons. The third kappa shape index (κ3) is 2.82. The molecule has 1 saturated heterocycles. The molecular formula is C14H24N4. The van der Waals surface area contributed by atoms with E-state index in [1.165, 1.54) is 5.69 Å². The van der Waals surface area contributed by atoms with Crippen molar-refractivity contribution in [2.24, 2.45) is 5.73 Å². The second-order valence-electron chi connectivity index (χ2n) is 5.23. The minimum atomic E-state index is 0.0606. The molecule has 100 valence electrons. The fraction of sp³-hybridized carbons (Fsp3) is 0.643. The van der Waals surface area contributed by atoms with E-state index in [9.17, 15) is 0 Å². The van der Waals surface area contributed by atoms with Crippen LogP contribution in [0.4, 0.5) is 5.69 Å². The van der Waals surface area contributed by atoms with Crippen molar-refractivity contribution >= 4 is 5.69 Å². The first-order valence-electron chi connectivity index (χ1n) is 6.78. The average Bonchev–Trinajstić information content (AvgIpc) is 2.41. The lowest BCUT2D eigenvalue weighted by Gasteiger charge is -2.38. The molecule has 0 bridgehead atoms. The molecule has 2 heterocycles. The first-order valence-corrected chi connectivity index (χ1v) is 6.78. The molecule has 1 fully saturated rings. The lowest BCUT2D eigenvalue weighted by molar-refractivity contribution is 0.234. The van der Waals surface area contributed by atoms with E-state index in [2.05, 4.69) is 47.8 Å². The standard InChI is InChI=1S/C14H24N4/c1-4-13(15)14-6-5-12(9-16-14)18-8-7-17(3)11(2)10-18/h5-6,9,11,13H,4,7-8,10,15H2,1-3H3/t11?,13-/m1/s1. The van der Waals surface area contributed by atoms with Gasteiger partial charge < -0.3 is 15.5 Å². The number of aromatic nitrogens is 1. The first kappa shape index (κ1) is 13.3. The van der Waals surface area contributed by atoms with Crippen LogP contribution in [0.2, 0.25) is 0 Å². The topological polar surface area (TPSA) is 45.4 Å². The molecule has 1 unspecified atom stereocenters. The van der Waals surface area contributed by atoms with Crippen LogP contribution in [0.5, 0.6) is 0 Å². The van der Waals surface area contributed by atoms with Crippen molar-refractivity contribution < 1.29 is 0 Å². The van der Waals surface area contributed by atoms with Crippen molar-refractivity contribution in [3.8, 4) is 0 Å². The number of likely N-dealkylation sites (N-methyl/N-ethyl adjacent to an activating group) is 1. The Morgan fingerprint density at radius 2 is 2.22 bits per heavy atom. The molecule has 1 aliphatic rings. The molecule has 18 heavy (non-hydrogen) atoms. The van der Waals surface area contributed by atoms with Gasteiger partial charge in [0.1, 0.15) is 0 Å². The molecule has 0 saturated carbocycles. The van der Waals surface area contributed by atoms with Gasteiger partial charge in [-0.2, -0.15) is 0 Å². The molecule has 0 aromatic carbocycles. The van der Waals surface area contributed by atoms with Crippen molar-refractivity contribution in [3.05, 3.63) is 24.0 Å². The van der Waals surface area contributed by atoms with E-state index in [4.69, 9.17) is 5.73 Å². The molecule has 0 spiro atoms. The minimum absolute atomic E-state index is 0.0606. The summed E-state index contributed by atoms with van der Waals surface area (Å²) < 4.78 is 0. The summed E-state index contributed by atoms with van der Waals surface area (Å²) in [4.78, 5) is 9.28. The van der Waals surface area contributed by atoms with Gasteiger partial charge in [0.15, 0.2) is 0 Å². The number of hydrogen-bond donors (Lipinski definition) is 1. The quantitative estimate of drug-likeness (QED) is 0.883. The molecule has 0 aliphatic carbocycles. The van der Waals surface area contributed by atoms with Gasteiger partial charge in [0, 0.05) is 31.7 Å². The van der Waals surface area contributed by atoms with E-state index < -0.39 is 0 Å². The van der Waals surface area contributed by atoms with Gasteiger partial charge in [-0.1, -0.05) is 6.92 Å². The van der Waals surface area contributed by atoms with Crippen LogP contribution in [0.15, 0.2) is 18.3 Å². The van der Waals surface area contributed by atoms with Crippen LogP contribution in [0, 0.1) is 0 Å². The Balaban J connectivity index is 2.06. The summed E-state index contributed by atoms with van der Waals surface area (Å²) in [5.41, 5.74) is 8.18. The summed E-state index contributed by atoms with van der Waals surface area (Å²) >= 11 is 0. The zero-order valence-corrected chi connectivity index (χ0v) is 11.6. The summed E-state index contributed by atoms with van der Waals surface area (Å²) in [5, 5.41) is 0. The van der Waals surface area contributed by atoms with Gasteiger partial charge in [0.05, 0.1) is 17.6 Å². The molecule has 2 N–H and O–H groups in total. The summed E-state index contributed by atoms with van der Waals surface area (Å²) in [5.74, 6) is 0. The molecular weight excluding hydrogens is 224 g/mol. The second-order valence-corrected chi connectivity index (χ2v) is 5.23. The average molecular weight is 248 g/mol. The van der Waals surface area contributed by atoms with Crippen LogP contribution in [0.3, 0.4) is 0 Å². The van der Waals surface area contributed by atoms with Gasteiger partial charge in [-0.25, -0.2) is 0 Å². The van der Waals surface area contributed by atoms with E-state index in [0.717, 1.165) is 31.7 Å². The largest absolute Gasteiger partial charge is 0.367 e. The van der Waals surface area contributed by atoms with Crippen molar-refractivity contribution in [2.45, 2.75) is 32.4 Å². The van der Waals surface area contributed by atoms with Crippen LogP contribution in [-0.4, -0.2) is 42.6 Å². The highest BCUT2D eigenvalue weighted by Gasteiger charge is 2.20. The van der Waals surface area contributed by atoms with Crippen molar-refractivity contribution in [1.29, 1.82) is 0 Å². The minimum Gasteiger partial charge on any atom is -0.367 e. The fourth-order valence-corrected chi connectivity index (χ4v) is 2.30. The Morgan fingerprint density at radius 3 is 2.78 bits per heavy atom. The zero-order valence-electron chi connectivity index (χ0n) is 11.6. The number of hydrogen-bond acceptors (Lipinski definition) is 4. The van der Waals surface area contributed by atoms with Crippen LogP contribution in [0.25, 0.3) is 0 Å². The van der Waals surface area contributed by atoms with Crippen LogP contribution in [0.1, 0.15) is 32.0 Å². The van der Waals surface area contributed by atoms with Gasteiger partial charge in [0.25, 0.3) is 0 Å². The Kier molecular flexibility index (Phi) is 4.19. The second kappa shape index (κ2) is 5.67. The first-order chi connectivity index (χ1) is 8.61. The van der Waals surface area contributed by atoms with Gasteiger partial charge in [-0.3, -0.25) is 4.98 Å². The fourth-order valence-electron chi connectivity index (χ4n) is 2.30. The monoisotopic (exact) mass is 248 g/mol. The number of rotatable bonds is 3. The molecule has 4 nitrogen and oxygen atoms in total. The van der Waals surface area contributed by atoms with E-state index in [0.29, 0.717) is 6.04 Å². The van der Waals surface area contributed by atoms with E-state index >= 15 is 0 Å². The molecule has 0 amide bonds. The van der Waals surface area contributed by atoms with Gasteiger partial charge in [-0.15, -0.1) is 0 Å². The highest BCUT2D eigenvalue weighted by Crippen LogP contribution is 2.19. The Labute approximate surface area is 110 Å². The van der Waals surface area contributed by atoms with E-state index in [1.807, 2.05) is 6.20 Å². The normalized spacial score (nSPS) is 23.1. The highest BCUT2D eigenvalue weighted by atomic mass is 15.3. The smallest absolute Gasteiger partial charge is 0.0572 e. The van der Waals surface area contributed by atoms with Gasteiger partial charge in [0.2, 0.25) is 0 Å². The lowest BCUT2D eigenvalue weighted by Crippen LogP contribution is -2.50. The Morgan fingerprint density at radius 1 is 1.44 bits per heavy atom. The maximum atomic E-state index is 5.98.